The van der Waals surface area contributed by atoms with Crippen LogP contribution in [0.2, 0.25) is 0 Å². The average molecular weight is 293 g/mol. The number of ether oxygens (including phenoxy) is 1. The van der Waals surface area contributed by atoms with Crippen LogP contribution in [0.1, 0.15) is 11.1 Å². The molecule has 0 spiro atoms. The number of nitrogens with one attached hydrogen (secondary N) is 1. The summed E-state index contributed by atoms with van der Waals surface area (Å²) in [6, 6.07) is 12.1. The Morgan fingerprint density at radius 2 is 1.62 bits per heavy atom. The van der Waals surface area contributed by atoms with Crippen LogP contribution in [0.15, 0.2) is 42.5 Å². The van der Waals surface area contributed by atoms with Crippen molar-refractivity contribution in [3.05, 3.63) is 53.6 Å². The van der Waals surface area contributed by atoms with E-state index in [2.05, 4.69) is 22.2 Å². The van der Waals surface area contributed by atoms with E-state index in [1.165, 1.54) is 23.3 Å². The van der Waals surface area contributed by atoms with Gasteiger partial charge in [0.15, 0.2) is 0 Å². The first kappa shape index (κ1) is 13.9. The fraction of sp³-hybridized carbons (Fsp3) is 0.250. The highest BCUT2D eigenvalue weighted by atomic mass is 19.4. The van der Waals surface area contributed by atoms with Gasteiger partial charge in [0.05, 0.1) is 0 Å². The maximum Gasteiger partial charge on any atom is 0.573 e. The number of hydrogen-bond donors (Lipinski definition) is 1. The number of hydrogen-bond acceptors (Lipinski definition) is 2. The number of rotatable bonds is 2. The second-order valence-electron chi connectivity index (χ2n) is 4.98. The monoisotopic (exact) mass is 293 g/mol. The molecule has 1 aliphatic heterocycles. The molecule has 1 N–H and O–H groups in total. The van der Waals surface area contributed by atoms with Crippen molar-refractivity contribution < 1.29 is 17.9 Å². The molecule has 0 saturated carbocycles. The van der Waals surface area contributed by atoms with Crippen molar-refractivity contribution in [1.29, 1.82) is 0 Å². The fourth-order valence-electron chi connectivity index (χ4n) is 2.51. The van der Waals surface area contributed by atoms with Gasteiger partial charge in [-0.3, -0.25) is 0 Å². The van der Waals surface area contributed by atoms with Gasteiger partial charge in [0.25, 0.3) is 0 Å². The highest BCUT2D eigenvalue weighted by Gasteiger charge is 2.30. The fourth-order valence-corrected chi connectivity index (χ4v) is 2.51. The maximum atomic E-state index is 12.1. The molecule has 110 valence electrons. The minimum Gasteiger partial charge on any atom is -0.406 e. The molecule has 0 atom stereocenters. The summed E-state index contributed by atoms with van der Waals surface area (Å²) < 4.78 is 40.2. The van der Waals surface area contributed by atoms with E-state index < -0.39 is 6.36 Å². The van der Waals surface area contributed by atoms with Gasteiger partial charge >= 0.3 is 6.36 Å². The average Bonchev–Trinajstić information content (AvgIpc) is 2.46. The Bertz CT molecular complexity index is 635. The second kappa shape index (κ2) is 5.41. The van der Waals surface area contributed by atoms with E-state index in [1.54, 1.807) is 12.1 Å². The van der Waals surface area contributed by atoms with Crippen molar-refractivity contribution in [1.82, 2.24) is 5.32 Å². The first-order chi connectivity index (χ1) is 10.0. The molecular formula is C16H14F3NO. The quantitative estimate of drug-likeness (QED) is 0.906. The van der Waals surface area contributed by atoms with Crippen molar-refractivity contribution in [2.45, 2.75) is 19.3 Å². The van der Waals surface area contributed by atoms with E-state index in [-0.39, 0.29) is 5.75 Å². The largest absolute Gasteiger partial charge is 0.573 e. The van der Waals surface area contributed by atoms with Crippen LogP contribution in [-0.2, 0) is 13.0 Å². The lowest BCUT2D eigenvalue weighted by Crippen LogP contribution is -2.23. The molecule has 2 aromatic carbocycles. The smallest absolute Gasteiger partial charge is 0.406 e. The lowest BCUT2D eigenvalue weighted by Gasteiger charge is -2.18. The highest BCUT2D eigenvalue weighted by molar-refractivity contribution is 5.65. The zero-order chi connectivity index (χ0) is 14.9. The molecule has 0 amide bonds. The summed E-state index contributed by atoms with van der Waals surface area (Å²) in [6.07, 6.45) is -3.65. The summed E-state index contributed by atoms with van der Waals surface area (Å²) in [5, 5.41) is 3.31. The van der Waals surface area contributed by atoms with Gasteiger partial charge < -0.3 is 10.1 Å². The predicted molar refractivity (Wildman–Crippen MR) is 74.0 cm³/mol. The van der Waals surface area contributed by atoms with Gasteiger partial charge in [-0.25, -0.2) is 0 Å². The van der Waals surface area contributed by atoms with Gasteiger partial charge in [-0.15, -0.1) is 13.2 Å². The standard InChI is InChI=1S/C16H14F3NO/c17-16(18,19)21-15-5-3-11(4-6-15)13-2-1-12-7-8-20-10-14(12)9-13/h1-6,9,20H,7-8,10H2. The third-order valence-electron chi connectivity index (χ3n) is 3.51. The lowest BCUT2D eigenvalue weighted by molar-refractivity contribution is -0.274. The van der Waals surface area contributed by atoms with Crippen LogP contribution in [0.5, 0.6) is 5.75 Å². The molecule has 0 aliphatic carbocycles. The molecule has 0 bridgehead atoms. The molecule has 2 aromatic rings. The molecule has 1 aliphatic rings. The molecule has 0 radical (unpaired) electrons. The zero-order valence-electron chi connectivity index (χ0n) is 11.2. The first-order valence-corrected chi connectivity index (χ1v) is 6.70. The third-order valence-corrected chi connectivity index (χ3v) is 3.51. The van der Waals surface area contributed by atoms with Crippen LogP contribution in [0, 0.1) is 0 Å². The van der Waals surface area contributed by atoms with Gasteiger partial charge in [-0.05, 0) is 53.4 Å². The zero-order valence-corrected chi connectivity index (χ0v) is 11.2. The summed E-state index contributed by atoms with van der Waals surface area (Å²) >= 11 is 0. The SMILES string of the molecule is FC(F)(F)Oc1ccc(-c2ccc3c(c2)CNCC3)cc1. The van der Waals surface area contributed by atoms with E-state index >= 15 is 0 Å². The van der Waals surface area contributed by atoms with E-state index in [1.807, 2.05) is 6.07 Å². The molecule has 3 rings (SSSR count). The highest BCUT2D eigenvalue weighted by Crippen LogP contribution is 2.28. The minimum absolute atomic E-state index is 0.203. The van der Waals surface area contributed by atoms with Crippen molar-refractivity contribution in [3.63, 3.8) is 0 Å². The van der Waals surface area contributed by atoms with Crippen molar-refractivity contribution in [2.24, 2.45) is 0 Å². The maximum absolute atomic E-state index is 12.1. The van der Waals surface area contributed by atoms with Crippen molar-refractivity contribution in [2.75, 3.05) is 6.54 Å². The second-order valence-corrected chi connectivity index (χ2v) is 4.98. The van der Waals surface area contributed by atoms with Crippen LogP contribution in [0.25, 0.3) is 11.1 Å². The number of fused-ring (bicyclic) bond motifs is 1. The Hall–Kier alpha value is -2.01. The Labute approximate surface area is 120 Å². The molecule has 0 aromatic heterocycles. The van der Waals surface area contributed by atoms with E-state index in [0.29, 0.717) is 0 Å². The van der Waals surface area contributed by atoms with Crippen LogP contribution >= 0.6 is 0 Å². The minimum atomic E-state index is -4.65. The normalized spacial score (nSPS) is 14.6. The van der Waals surface area contributed by atoms with Gasteiger partial charge in [0.1, 0.15) is 5.75 Å². The van der Waals surface area contributed by atoms with E-state index in [9.17, 15) is 13.2 Å². The number of alkyl halides is 3. The summed E-state index contributed by atoms with van der Waals surface area (Å²) in [6.45, 7) is 1.81. The Morgan fingerprint density at radius 1 is 0.905 bits per heavy atom. The third kappa shape index (κ3) is 3.36. The van der Waals surface area contributed by atoms with Crippen molar-refractivity contribution in [3.8, 4) is 16.9 Å². The molecule has 0 saturated heterocycles. The molecule has 21 heavy (non-hydrogen) atoms. The molecule has 2 nitrogen and oxygen atoms in total. The van der Waals surface area contributed by atoms with Gasteiger partial charge in [0.2, 0.25) is 0 Å². The predicted octanol–water partition coefficient (Wildman–Crippen LogP) is 3.90. The molecule has 1 heterocycles. The van der Waals surface area contributed by atoms with Crippen LogP contribution in [0.4, 0.5) is 13.2 Å². The van der Waals surface area contributed by atoms with Crippen LogP contribution in [0.3, 0.4) is 0 Å². The molecule has 5 heteroatoms. The number of halogens is 3. The number of benzene rings is 2. The topological polar surface area (TPSA) is 21.3 Å². The summed E-state index contributed by atoms with van der Waals surface area (Å²) in [7, 11) is 0. The Balaban J connectivity index is 1.84. The summed E-state index contributed by atoms with van der Waals surface area (Å²) in [5.41, 5.74) is 4.44. The summed E-state index contributed by atoms with van der Waals surface area (Å²) in [5.74, 6) is -0.203. The van der Waals surface area contributed by atoms with Crippen LogP contribution in [-0.4, -0.2) is 12.9 Å². The Kier molecular flexibility index (Phi) is 3.59. The van der Waals surface area contributed by atoms with Gasteiger partial charge in [-0.2, -0.15) is 0 Å². The van der Waals surface area contributed by atoms with Gasteiger partial charge in [0, 0.05) is 6.54 Å². The van der Waals surface area contributed by atoms with E-state index in [0.717, 1.165) is 30.6 Å². The lowest BCUT2D eigenvalue weighted by atomic mass is 9.95. The van der Waals surface area contributed by atoms with Crippen molar-refractivity contribution >= 4 is 0 Å². The Morgan fingerprint density at radius 3 is 2.33 bits per heavy atom. The van der Waals surface area contributed by atoms with Gasteiger partial charge in [-0.1, -0.05) is 24.3 Å². The first-order valence-electron chi connectivity index (χ1n) is 6.70. The van der Waals surface area contributed by atoms with E-state index in [4.69, 9.17) is 0 Å². The molecular weight excluding hydrogens is 279 g/mol. The molecule has 0 unspecified atom stereocenters. The summed E-state index contributed by atoms with van der Waals surface area (Å²) in [4.78, 5) is 0. The molecule has 0 fully saturated rings. The van der Waals surface area contributed by atoms with Crippen LogP contribution < -0.4 is 10.1 Å².